The Balaban J connectivity index is 0.000000533. The Morgan fingerprint density at radius 2 is 1.69 bits per heavy atom. The summed E-state index contributed by atoms with van der Waals surface area (Å²) in [5.41, 5.74) is 0.992. The number of hydrogen-bond donors (Lipinski definition) is 3. The van der Waals surface area contributed by atoms with Crippen LogP contribution in [0, 0.1) is 18.8 Å². The number of ether oxygens (including phenoxy) is 1. The van der Waals surface area contributed by atoms with E-state index in [-0.39, 0.29) is 5.56 Å². The van der Waals surface area contributed by atoms with Gasteiger partial charge in [-0.05, 0) is 57.2 Å². The first-order valence-electron chi connectivity index (χ1n) is 9.42. The van der Waals surface area contributed by atoms with Crippen LogP contribution in [0.15, 0.2) is 48.5 Å². The zero-order chi connectivity index (χ0) is 24.3. The van der Waals surface area contributed by atoms with Gasteiger partial charge in [0.25, 0.3) is 18.2 Å². The molecule has 2 amide bonds. The smallest absolute Gasteiger partial charge is 0.269 e. The van der Waals surface area contributed by atoms with E-state index in [2.05, 4.69) is 17.2 Å². The molecule has 3 N–H and O–H groups in total. The highest BCUT2D eigenvalue weighted by Gasteiger charge is 2.48. The molecule has 0 aliphatic heterocycles. The van der Waals surface area contributed by atoms with Crippen molar-refractivity contribution in [1.82, 2.24) is 10.8 Å². The van der Waals surface area contributed by atoms with Crippen molar-refractivity contribution in [3.8, 4) is 11.8 Å². The van der Waals surface area contributed by atoms with Gasteiger partial charge >= 0.3 is 0 Å². The number of nitrogens with one attached hydrogen (secondary N) is 2. The molecule has 0 spiro atoms. The maximum Gasteiger partial charge on any atom is 0.269 e. The Morgan fingerprint density at radius 3 is 2.09 bits per heavy atom. The number of halogens is 3. The third-order valence-corrected chi connectivity index (χ3v) is 4.77. The molecule has 2 aromatic carbocycles. The van der Waals surface area contributed by atoms with Crippen molar-refractivity contribution in [3.05, 3.63) is 70.2 Å². The molecule has 0 fully saturated rings. The van der Waals surface area contributed by atoms with Crippen molar-refractivity contribution in [2.24, 2.45) is 0 Å². The molecule has 2 aromatic rings. The molecule has 2 unspecified atom stereocenters. The predicted octanol–water partition coefficient (Wildman–Crippen LogP) is 3.98. The van der Waals surface area contributed by atoms with Crippen LogP contribution in [0.4, 0.5) is 8.78 Å². The predicted molar refractivity (Wildman–Crippen MR) is 118 cm³/mol. The first-order valence-corrected chi connectivity index (χ1v) is 9.80. The molecule has 9 heteroatoms. The second-order valence-electron chi connectivity index (χ2n) is 6.82. The number of methoxy groups -OCH3 is 1. The molecule has 0 radical (unpaired) electrons. The van der Waals surface area contributed by atoms with E-state index in [1.54, 1.807) is 19.1 Å². The van der Waals surface area contributed by atoms with Gasteiger partial charge in [0, 0.05) is 23.3 Å². The number of amides is 2. The molecule has 0 aliphatic rings. The minimum atomic E-state index is -3.09. The fourth-order valence-corrected chi connectivity index (χ4v) is 2.59. The second-order valence-corrected chi connectivity index (χ2v) is 7.26. The molecule has 0 aliphatic carbocycles. The Hall–Kier alpha value is -2.99. The Bertz CT molecular complexity index is 936. The van der Waals surface area contributed by atoms with Crippen molar-refractivity contribution >= 4 is 23.4 Å². The molecule has 6 nitrogen and oxygen atoms in total. The molecule has 0 heterocycles. The number of carbonyl (C=O) groups is 2. The maximum atomic E-state index is 13.3. The first kappa shape index (κ1) is 27.0. The van der Waals surface area contributed by atoms with Gasteiger partial charge in [-0.15, -0.1) is 5.92 Å². The lowest BCUT2D eigenvalue weighted by Crippen LogP contribution is -2.62. The average Bonchev–Trinajstić information content (AvgIpc) is 2.79. The van der Waals surface area contributed by atoms with Crippen molar-refractivity contribution in [3.63, 3.8) is 0 Å². The maximum absolute atomic E-state index is 13.3. The van der Waals surface area contributed by atoms with E-state index in [0.717, 1.165) is 19.1 Å². The van der Waals surface area contributed by atoms with Gasteiger partial charge in [-0.1, -0.05) is 35.2 Å². The molecule has 172 valence electrons. The van der Waals surface area contributed by atoms with Crippen LogP contribution in [0.3, 0.4) is 0 Å². The van der Waals surface area contributed by atoms with E-state index >= 15 is 0 Å². The summed E-state index contributed by atoms with van der Waals surface area (Å²) in [6.45, 7) is 4.66. The number of carbonyl (C=O) groups excluding carboxylic acids is 2. The number of rotatable bonds is 6. The fraction of sp³-hybridized carbons (Fsp3) is 0.304. The summed E-state index contributed by atoms with van der Waals surface area (Å²) in [6.07, 6.45) is -3.09. The van der Waals surface area contributed by atoms with Crippen LogP contribution in [0.2, 0.25) is 5.02 Å². The number of hydrogen-bond acceptors (Lipinski definition) is 4. The lowest BCUT2D eigenvalue weighted by atomic mass is 9.95. The van der Waals surface area contributed by atoms with Gasteiger partial charge in [0.05, 0.1) is 0 Å². The minimum absolute atomic E-state index is 0.139. The second kappa shape index (κ2) is 12.8. The zero-order valence-electron chi connectivity index (χ0n) is 18.1. The summed E-state index contributed by atoms with van der Waals surface area (Å²) in [5, 5.41) is 11.7. The summed E-state index contributed by atoms with van der Waals surface area (Å²) in [6, 6.07) is 12.0. The Morgan fingerprint density at radius 1 is 1.12 bits per heavy atom. The lowest BCUT2D eigenvalue weighted by Gasteiger charge is -2.34. The van der Waals surface area contributed by atoms with Crippen molar-refractivity contribution in [2.75, 3.05) is 7.11 Å². The van der Waals surface area contributed by atoms with Gasteiger partial charge in [-0.25, -0.2) is 14.3 Å². The molecule has 0 saturated heterocycles. The van der Waals surface area contributed by atoms with Gasteiger partial charge < -0.3 is 10.1 Å². The van der Waals surface area contributed by atoms with E-state index in [4.69, 9.17) is 21.5 Å². The summed E-state index contributed by atoms with van der Waals surface area (Å²) in [7, 11) is 0.980. The summed E-state index contributed by atoms with van der Waals surface area (Å²) < 4.78 is 31.3. The van der Waals surface area contributed by atoms with Crippen LogP contribution < -0.4 is 10.8 Å². The Labute approximate surface area is 190 Å². The summed E-state index contributed by atoms with van der Waals surface area (Å²) >= 11 is 5.61. The number of benzene rings is 2. The highest BCUT2D eigenvalue weighted by atomic mass is 35.5. The molecule has 0 bridgehead atoms. The van der Waals surface area contributed by atoms with Gasteiger partial charge in [-0.2, -0.15) is 0 Å². The van der Waals surface area contributed by atoms with Crippen molar-refractivity contribution < 1.29 is 28.3 Å². The number of aryl methyl sites for hydroxylation is 1. The molecular formula is C23H25ClF2N2O4. The summed E-state index contributed by atoms with van der Waals surface area (Å²) in [5.74, 6) is 3.49. The van der Waals surface area contributed by atoms with Crippen LogP contribution in [0.25, 0.3) is 0 Å². The molecule has 0 aromatic heterocycles. The van der Waals surface area contributed by atoms with Gasteiger partial charge in [0.15, 0.2) is 5.60 Å². The first-order chi connectivity index (χ1) is 15.1. The van der Waals surface area contributed by atoms with Crippen molar-refractivity contribution in [2.45, 2.75) is 38.8 Å². The zero-order valence-corrected chi connectivity index (χ0v) is 18.8. The Kier molecular flexibility index (Phi) is 10.8. The highest BCUT2D eigenvalue weighted by Crippen LogP contribution is 2.24. The molecule has 0 saturated carbocycles. The topological polar surface area (TPSA) is 87.7 Å². The fourth-order valence-electron chi connectivity index (χ4n) is 2.46. The molecule has 2 rings (SSSR count). The summed E-state index contributed by atoms with van der Waals surface area (Å²) in [4.78, 5) is 23.9. The lowest BCUT2D eigenvalue weighted by molar-refractivity contribution is -0.157. The third-order valence-electron chi connectivity index (χ3n) is 4.52. The molecule has 2 atom stereocenters. The molecule has 32 heavy (non-hydrogen) atoms. The van der Waals surface area contributed by atoms with Crippen LogP contribution >= 0.6 is 11.6 Å². The van der Waals surface area contributed by atoms with E-state index < -0.39 is 29.9 Å². The van der Waals surface area contributed by atoms with Crippen LogP contribution in [-0.2, 0) is 9.53 Å². The normalized spacial score (nSPS) is 12.9. The van der Waals surface area contributed by atoms with E-state index in [1.165, 1.54) is 23.2 Å². The van der Waals surface area contributed by atoms with Gasteiger partial charge in [-0.3, -0.25) is 14.8 Å². The van der Waals surface area contributed by atoms with Crippen LogP contribution in [0.5, 0.6) is 0 Å². The number of alkyl halides is 2. The minimum Gasteiger partial charge on any atom is -0.370 e. The highest BCUT2D eigenvalue weighted by molar-refractivity contribution is 6.30. The SMILES string of the molecule is CC#Cc1ccc(C(=O)NC(C(=O)NO)C(C)(OC)C(F)F)cc1.Cc1ccc(Cl)cc1. The largest absolute Gasteiger partial charge is 0.370 e. The third kappa shape index (κ3) is 7.61. The quantitative estimate of drug-likeness (QED) is 0.341. The molecular weight excluding hydrogens is 442 g/mol. The van der Waals surface area contributed by atoms with Gasteiger partial charge in [0.2, 0.25) is 0 Å². The van der Waals surface area contributed by atoms with Crippen LogP contribution in [0.1, 0.15) is 35.3 Å². The standard InChI is InChI=1S/C16H18F2N2O4.C7H7Cl/c1-4-5-10-6-8-11(9-7-10)13(21)19-12(14(22)20-23)16(2,24-3)15(17)18;1-6-2-4-7(8)5-3-6/h6-9,12,15,23H,1-3H3,(H,19,21)(H,20,22);2-5H,1H3. The van der Waals surface area contributed by atoms with Crippen molar-refractivity contribution in [1.29, 1.82) is 0 Å². The monoisotopic (exact) mass is 466 g/mol. The number of hydroxylamine groups is 1. The van der Waals surface area contributed by atoms with E-state index in [0.29, 0.717) is 5.56 Å². The average molecular weight is 467 g/mol. The van der Waals surface area contributed by atoms with E-state index in [9.17, 15) is 18.4 Å². The van der Waals surface area contributed by atoms with Gasteiger partial charge in [0.1, 0.15) is 6.04 Å². The van der Waals surface area contributed by atoms with Crippen LogP contribution in [-0.4, -0.2) is 42.2 Å². The van der Waals surface area contributed by atoms with E-state index in [1.807, 2.05) is 31.2 Å².